The Balaban J connectivity index is 1.49. The van der Waals surface area contributed by atoms with Gasteiger partial charge in [-0.1, -0.05) is 6.42 Å². The lowest BCUT2D eigenvalue weighted by Crippen LogP contribution is -2.53. The molecule has 3 fully saturated rings. The van der Waals surface area contributed by atoms with Gasteiger partial charge in [-0.25, -0.2) is 0 Å². The summed E-state index contributed by atoms with van der Waals surface area (Å²) in [5.74, 6) is 0.837. The van der Waals surface area contributed by atoms with Crippen LogP contribution in [0.2, 0.25) is 0 Å². The molecule has 3 aliphatic rings. The fourth-order valence-corrected chi connectivity index (χ4v) is 2.65. The molecule has 0 aromatic heterocycles. The highest BCUT2D eigenvalue weighted by molar-refractivity contribution is 5.81. The topological polar surface area (TPSA) is 23.6 Å². The van der Waals surface area contributed by atoms with E-state index in [-0.39, 0.29) is 0 Å². The van der Waals surface area contributed by atoms with E-state index in [0.29, 0.717) is 11.8 Å². The minimum atomic E-state index is 0.403. The van der Waals surface area contributed by atoms with Crippen molar-refractivity contribution in [1.29, 1.82) is 0 Å². The Bertz CT molecular complexity index is 250. The molecule has 3 heteroatoms. The lowest BCUT2D eigenvalue weighted by atomic mass is 9.91. The highest BCUT2D eigenvalue weighted by atomic mass is 16.2. The number of carbonyl (C=O) groups excluding carboxylic acids is 1. The third-order valence-electron chi connectivity index (χ3n) is 4.14. The summed E-state index contributed by atoms with van der Waals surface area (Å²) >= 11 is 0. The van der Waals surface area contributed by atoms with Crippen molar-refractivity contribution in [2.75, 3.05) is 26.2 Å². The molecule has 1 amide bonds. The molecule has 0 N–H and O–H groups in total. The molecule has 0 unspecified atom stereocenters. The quantitative estimate of drug-likeness (QED) is 0.678. The first-order valence-electron chi connectivity index (χ1n) is 6.37. The first-order valence-corrected chi connectivity index (χ1v) is 6.37. The van der Waals surface area contributed by atoms with Gasteiger partial charge in [0.05, 0.1) is 0 Å². The van der Waals surface area contributed by atoms with E-state index in [1.807, 2.05) is 0 Å². The maximum Gasteiger partial charge on any atom is 0.225 e. The van der Waals surface area contributed by atoms with Crippen LogP contribution in [-0.4, -0.2) is 47.9 Å². The summed E-state index contributed by atoms with van der Waals surface area (Å²) in [6.45, 7) is 4.18. The van der Waals surface area contributed by atoms with E-state index in [2.05, 4.69) is 9.80 Å². The lowest BCUT2D eigenvalue weighted by Gasteiger charge is -2.43. The molecule has 15 heavy (non-hydrogen) atoms. The van der Waals surface area contributed by atoms with E-state index in [9.17, 15) is 4.79 Å². The second-order valence-electron chi connectivity index (χ2n) is 5.22. The van der Waals surface area contributed by atoms with Crippen LogP contribution in [0.3, 0.4) is 0 Å². The van der Waals surface area contributed by atoms with Crippen molar-refractivity contribution in [2.45, 2.75) is 38.1 Å². The fourth-order valence-electron chi connectivity index (χ4n) is 2.65. The predicted molar refractivity (Wildman–Crippen MR) is 58.5 cm³/mol. The lowest BCUT2D eigenvalue weighted by molar-refractivity contribution is -0.134. The summed E-state index contributed by atoms with van der Waals surface area (Å²) in [4.78, 5) is 16.5. The van der Waals surface area contributed by atoms with Crippen LogP contribution >= 0.6 is 0 Å². The van der Waals surface area contributed by atoms with Gasteiger partial charge in [0.15, 0.2) is 0 Å². The SMILES string of the molecule is O=C(C1CC1)N1CCN(C2CCC2)CC1. The molecular formula is C12H20N2O. The summed E-state index contributed by atoms with van der Waals surface area (Å²) in [5, 5.41) is 0. The Morgan fingerprint density at radius 3 is 2.07 bits per heavy atom. The van der Waals surface area contributed by atoms with Crippen LogP contribution in [0.25, 0.3) is 0 Å². The van der Waals surface area contributed by atoms with E-state index in [4.69, 9.17) is 0 Å². The first-order chi connectivity index (χ1) is 7.34. The molecular weight excluding hydrogens is 188 g/mol. The zero-order valence-electron chi connectivity index (χ0n) is 9.32. The first kappa shape index (κ1) is 9.64. The third kappa shape index (κ3) is 1.89. The van der Waals surface area contributed by atoms with Crippen molar-refractivity contribution in [3.05, 3.63) is 0 Å². The Morgan fingerprint density at radius 2 is 1.60 bits per heavy atom. The Morgan fingerprint density at radius 1 is 0.933 bits per heavy atom. The van der Waals surface area contributed by atoms with Crippen LogP contribution in [0, 0.1) is 5.92 Å². The second kappa shape index (κ2) is 3.78. The molecule has 3 rings (SSSR count). The summed E-state index contributed by atoms with van der Waals surface area (Å²) in [6, 6.07) is 0.850. The maximum atomic E-state index is 11.8. The normalized spacial score (nSPS) is 28.9. The van der Waals surface area contributed by atoms with Crippen molar-refractivity contribution in [3.8, 4) is 0 Å². The van der Waals surface area contributed by atoms with E-state index in [1.54, 1.807) is 0 Å². The highest BCUT2D eigenvalue weighted by Gasteiger charge is 2.35. The van der Waals surface area contributed by atoms with Gasteiger partial charge < -0.3 is 4.90 Å². The van der Waals surface area contributed by atoms with Gasteiger partial charge in [-0.05, 0) is 25.7 Å². The van der Waals surface area contributed by atoms with Crippen molar-refractivity contribution in [2.24, 2.45) is 5.92 Å². The molecule has 0 bridgehead atoms. The summed E-state index contributed by atoms with van der Waals surface area (Å²) < 4.78 is 0. The zero-order valence-corrected chi connectivity index (χ0v) is 9.32. The number of hydrogen-bond acceptors (Lipinski definition) is 2. The Hall–Kier alpha value is -0.570. The number of nitrogens with zero attached hydrogens (tertiary/aromatic N) is 2. The van der Waals surface area contributed by atoms with E-state index in [0.717, 1.165) is 45.1 Å². The smallest absolute Gasteiger partial charge is 0.225 e. The van der Waals surface area contributed by atoms with Crippen LogP contribution in [0.5, 0.6) is 0 Å². The van der Waals surface area contributed by atoms with Crippen molar-refractivity contribution in [3.63, 3.8) is 0 Å². The predicted octanol–water partition coefficient (Wildman–Crippen LogP) is 1.09. The summed E-state index contributed by atoms with van der Waals surface area (Å²) in [7, 11) is 0. The molecule has 0 aromatic carbocycles. The summed E-state index contributed by atoms with van der Waals surface area (Å²) in [6.07, 6.45) is 6.46. The molecule has 1 aliphatic heterocycles. The molecule has 1 saturated heterocycles. The molecule has 0 atom stereocenters. The molecule has 0 aromatic rings. The van der Waals surface area contributed by atoms with Crippen LogP contribution in [0.15, 0.2) is 0 Å². The fraction of sp³-hybridized carbons (Fsp3) is 0.917. The van der Waals surface area contributed by atoms with E-state index >= 15 is 0 Å². The highest BCUT2D eigenvalue weighted by Crippen LogP contribution is 2.32. The minimum absolute atomic E-state index is 0.403. The molecule has 0 radical (unpaired) electrons. The van der Waals surface area contributed by atoms with Crippen LogP contribution in [-0.2, 0) is 4.79 Å². The second-order valence-corrected chi connectivity index (χ2v) is 5.22. The molecule has 3 nitrogen and oxygen atoms in total. The van der Waals surface area contributed by atoms with Gasteiger partial charge in [0.25, 0.3) is 0 Å². The van der Waals surface area contributed by atoms with Crippen molar-refractivity contribution in [1.82, 2.24) is 9.80 Å². The Labute approximate surface area is 91.4 Å². The number of hydrogen-bond donors (Lipinski definition) is 0. The van der Waals surface area contributed by atoms with E-state index in [1.165, 1.54) is 19.3 Å². The average Bonchev–Trinajstić information content (AvgIpc) is 2.98. The Kier molecular flexibility index (Phi) is 2.43. The van der Waals surface area contributed by atoms with Gasteiger partial charge in [-0.2, -0.15) is 0 Å². The zero-order chi connectivity index (χ0) is 10.3. The molecule has 0 spiro atoms. The number of carbonyl (C=O) groups is 1. The van der Waals surface area contributed by atoms with Gasteiger partial charge in [-0.3, -0.25) is 9.69 Å². The van der Waals surface area contributed by atoms with Gasteiger partial charge in [-0.15, -0.1) is 0 Å². The molecule has 1 heterocycles. The van der Waals surface area contributed by atoms with Crippen LogP contribution in [0.4, 0.5) is 0 Å². The number of rotatable bonds is 2. The number of piperazine rings is 1. The van der Waals surface area contributed by atoms with E-state index < -0.39 is 0 Å². The average molecular weight is 208 g/mol. The van der Waals surface area contributed by atoms with Gasteiger partial charge in [0, 0.05) is 38.1 Å². The van der Waals surface area contributed by atoms with Gasteiger partial charge in [0.1, 0.15) is 0 Å². The minimum Gasteiger partial charge on any atom is -0.340 e. The van der Waals surface area contributed by atoms with Crippen LogP contribution < -0.4 is 0 Å². The van der Waals surface area contributed by atoms with Crippen LogP contribution in [0.1, 0.15) is 32.1 Å². The largest absolute Gasteiger partial charge is 0.340 e. The van der Waals surface area contributed by atoms with Crippen molar-refractivity contribution >= 4 is 5.91 Å². The molecule has 2 aliphatic carbocycles. The molecule has 84 valence electrons. The monoisotopic (exact) mass is 208 g/mol. The van der Waals surface area contributed by atoms with Gasteiger partial charge >= 0.3 is 0 Å². The number of amides is 1. The summed E-state index contributed by atoms with van der Waals surface area (Å²) in [5.41, 5.74) is 0. The third-order valence-corrected chi connectivity index (χ3v) is 4.14. The maximum absolute atomic E-state index is 11.8. The molecule has 2 saturated carbocycles. The van der Waals surface area contributed by atoms with Gasteiger partial charge in [0.2, 0.25) is 5.91 Å². The standard InChI is InChI=1S/C12H20N2O/c15-12(10-4-5-10)14-8-6-13(7-9-14)11-2-1-3-11/h10-11H,1-9H2. The van der Waals surface area contributed by atoms with Crippen molar-refractivity contribution < 1.29 is 4.79 Å².